The number of methoxy groups -OCH3 is 1. The van der Waals surface area contributed by atoms with Gasteiger partial charge >= 0.3 is 5.97 Å². The Kier molecular flexibility index (Phi) is 6.76. The molecule has 0 saturated carbocycles. The first-order valence-electron chi connectivity index (χ1n) is 7.53. The molecule has 7 nitrogen and oxygen atoms in total. The molecule has 0 bridgehead atoms. The summed E-state index contributed by atoms with van der Waals surface area (Å²) in [5.74, 6) is -0.599. The quantitative estimate of drug-likeness (QED) is 0.528. The Labute approximate surface area is 141 Å². The van der Waals surface area contributed by atoms with Crippen LogP contribution in [0.2, 0.25) is 0 Å². The molecule has 0 radical (unpaired) electrons. The van der Waals surface area contributed by atoms with Crippen molar-refractivity contribution in [2.24, 2.45) is 0 Å². The first-order chi connectivity index (χ1) is 11.2. The molecule has 0 aliphatic rings. The molecule has 0 fully saturated rings. The molecular weight excluding hydrogens is 314 g/mol. The van der Waals surface area contributed by atoms with Crippen LogP contribution in [0, 0.1) is 0 Å². The Morgan fingerprint density at radius 1 is 1.21 bits per heavy atom. The van der Waals surface area contributed by atoms with Crippen molar-refractivity contribution < 1.29 is 29.0 Å². The number of carboxylic acids is 1. The summed E-state index contributed by atoms with van der Waals surface area (Å²) in [6.07, 6.45) is 0.559. The van der Waals surface area contributed by atoms with Crippen molar-refractivity contribution in [1.29, 1.82) is 0 Å². The number of hydrogen-bond acceptors (Lipinski definition) is 5. The summed E-state index contributed by atoms with van der Waals surface area (Å²) < 4.78 is 10.7. The van der Waals surface area contributed by atoms with E-state index in [4.69, 9.17) is 14.6 Å². The zero-order chi connectivity index (χ0) is 18.3. The molecule has 1 aromatic rings. The summed E-state index contributed by atoms with van der Waals surface area (Å²) >= 11 is 0. The van der Waals surface area contributed by atoms with E-state index in [-0.39, 0.29) is 24.7 Å². The van der Waals surface area contributed by atoms with Crippen LogP contribution in [0.4, 0.5) is 0 Å². The van der Waals surface area contributed by atoms with Crippen molar-refractivity contribution in [2.75, 3.05) is 13.7 Å². The fourth-order valence-corrected chi connectivity index (χ4v) is 1.89. The number of benzene rings is 1. The van der Waals surface area contributed by atoms with Crippen LogP contribution in [0.25, 0.3) is 0 Å². The molecule has 0 saturated heterocycles. The number of nitrogens with one attached hydrogen (secondary N) is 1. The molecule has 1 amide bonds. The van der Waals surface area contributed by atoms with Gasteiger partial charge in [0.2, 0.25) is 5.91 Å². The van der Waals surface area contributed by atoms with Crippen molar-refractivity contribution in [3.63, 3.8) is 0 Å². The van der Waals surface area contributed by atoms with E-state index in [1.54, 1.807) is 18.2 Å². The van der Waals surface area contributed by atoms with E-state index >= 15 is 0 Å². The van der Waals surface area contributed by atoms with Crippen molar-refractivity contribution >= 4 is 17.7 Å². The predicted octanol–water partition coefficient (Wildman–Crippen LogP) is 2.04. The van der Waals surface area contributed by atoms with Gasteiger partial charge in [0.1, 0.15) is 5.54 Å². The molecule has 1 rings (SSSR count). The average molecular weight is 337 g/mol. The number of carboxylic acid groups (broad SMARTS) is 1. The number of carbonyl (C=O) groups is 3. The first-order valence-corrected chi connectivity index (χ1v) is 7.53. The van der Waals surface area contributed by atoms with Gasteiger partial charge in [-0.15, -0.1) is 0 Å². The Morgan fingerprint density at radius 3 is 2.42 bits per heavy atom. The van der Waals surface area contributed by atoms with Crippen LogP contribution in [0.15, 0.2) is 18.2 Å². The highest BCUT2D eigenvalue weighted by molar-refractivity contribution is 5.94. The van der Waals surface area contributed by atoms with E-state index < -0.39 is 11.5 Å². The maximum absolute atomic E-state index is 11.7. The SMILES string of the molecule is COc1cc(C(C)=O)ccc1OCCCC(=O)NC(C)(C)C(=O)O. The summed E-state index contributed by atoms with van der Waals surface area (Å²) in [6, 6.07) is 4.88. The van der Waals surface area contributed by atoms with E-state index in [1.807, 2.05) is 0 Å². The second kappa shape index (κ2) is 8.33. The zero-order valence-corrected chi connectivity index (χ0v) is 14.3. The number of aliphatic carboxylic acids is 1. The number of carbonyl (C=O) groups excluding carboxylic acids is 2. The summed E-state index contributed by atoms with van der Waals surface area (Å²) in [5.41, 5.74) is -0.779. The normalized spacial score (nSPS) is 10.8. The minimum Gasteiger partial charge on any atom is -0.493 e. The van der Waals surface area contributed by atoms with Gasteiger partial charge in [0.25, 0.3) is 0 Å². The summed E-state index contributed by atoms with van der Waals surface area (Å²) in [7, 11) is 1.48. The van der Waals surface area contributed by atoms with Crippen LogP contribution < -0.4 is 14.8 Å². The maximum atomic E-state index is 11.7. The Balaban J connectivity index is 2.49. The number of Topliss-reactive ketones (excluding diaryl/α,β-unsaturated/α-hetero) is 1. The van der Waals surface area contributed by atoms with E-state index in [1.165, 1.54) is 27.9 Å². The van der Waals surface area contributed by atoms with Gasteiger partial charge in [0.05, 0.1) is 13.7 Å². The van der Waals surface area contributed by atoms with Gasteiger partial charge in [-0.05, 0) is 45.4 Å². The molecule has 0 unspecified atom stereocenters. The van der Waals surface area contributed by atoms with Crippen LogP contribution in [0.3, 0.4) is 0 Å². The Bertz CT molecular complexity index is 624. The van der Waals surface area contributed by atoms with E-state index in [0.717, 1.165) is 0 Å². The van der Waals surface area contributed by atoms with Crippen LogP contribution in [0.1, 0.15) is 44.0 Å². The monoisotopic (exact) mass is 337 g/mol. The summed E-state index contributed by atoms with van der Waals surface area (Å²) in [6.45, 7) is 4.57. The molecule has 0 aromatic heterocycles. The molecule has 0 aliphatic heterocycles. The van der Waals surface area contributed by atoms with E-state index in [0.29, 0.717) is 23.5 Å². The lowest BCUT2D eigenvalue weighted by atomic mass is 10.1. The van der Waals surface area contributed by atoms with Crippen LogP contribution in [-0.2, 0) is 9.59 Å². The molecule has 0 aliphatic carbocycles. The molecule has 2 N–H and O–H groups in total. The van der Waals surface area contributed by atoms with E-state index in [9.17, 15) is 14.4 Å². The second-order valence-corrected chi connectivity index (χ2v) is 5.85. The molecule has 24 heavy (non-hydrogen) atoms. The third-order valence-corrected chi connectivity index (χ3v) is 3.36. The Morgan fingerprint density at radius 2 is 1.88 bits per heavy atom. The van der Waals surface area contributed by atoms with Gasteiger partial charge in [-0.25, -0.2) is 4.79 Å². The fraction of sp³-hybridized carbons (Fsp3) is 0.471. The lowest BCUT2D eigenvalue weighted by Gasteiger charge is -2.20. The topological polar surface area (TPSA) is 102 Å². The highest BCUT2D eigenvalue weighted by Gasteiger charge is 2.28. The van der Waals surface area contributed by atoms with E-state index in [2.05, 4.69) is 5.32 Å². The Hall–Kier alpha value is -2.57. The van der Waals surface area contributed by atoms with Crippen molar-refractivity contribution in [3.05, 3.63) is 23.8 Å². The summed E-state index contributed by atoms with van der Waals surface area (Å²) in [4.78, 5) is 34.0. The molecular formula is C17H23NO6. The minimum atomic E-state index is -1.30. The van der Waals surface area contributed by atoms with Gasteiger partial charge in [-0.2, -0.15) is 0 Å². The zero-order valence-electron chi connectivity index (χ0n) is 14.3. The maximum Gasteiger partial charge on any atom is 0.328 e. The smallest absolute Gasteiger partial charge is 0.328 e. The fourth-order valence-electron chi connectivity index (χ4n) is 1.89. The molecule has 132 valence electrons. The molecule has 1 aromatic carbocycles. The lowest BCUT2D eigenvalue weighted by molar-refractivity contribution is -0.146. The summed E-state index contributed by atoms with van der Waals surface area (Å²) in [5, 5.41) is 11.4. The number of ketones is 1. The van der Waals surface area contributed by atoms with Crippen LogP contribution in [0.5, 0.6) is 11.5 Å². The van der Waals surface area contributed by atoms with Crippen molar-refractivity contribution in [1.82, 2.24) is 5.32 Å². The molecule has 7 heteroatoms. The average Bonchev–Trinajstić information content (AvgIpc) is 2.50. The first kappa shape index (κ1) is 19.5. The third kappa shape index (κ3) is 5.57. The molecule has 0 atom stereocenters. The largest absolute Gasteiger partial charge is 0.493 e. The number of hydrogen-bond donors (Lipinski definition) is 2. The standard InChI is InChI=1S/C17H23NO6/c1-11(19)12-7-8-13(14(10-12)23-4)24-9-5-6-15(20)18-17(2,3)16(21)22/h7-8,10H,5-6,9H2,1-4H3,(H,18,20)(H,21,22). The van der Waals surface area contributed by atoms with Gasteiger partial charge in [0, 0.05) is 12.0 Å². The van der Waals surface area contributed by atoms with Gasteiger partial charge in [-0.1, -0.05) is 0 Å². The number of ether oxygens (including phenoxy) is 2. The molecule has 0 heterocycles. The van der Waals surface area contributed by atoms with Crippen molar-refractivity contribution in [2.45, 2.75) is 39.2 Å². The second-order valence-electron chi connectivity index (χ2n) is 5.85. The van der Waals surface area contributed by atoms with Crippen molar-refractivity contribution in [3.8, 4) is 11.5 Å². The number of amides is 1. The van der Waals surface area contributed by atoms with Gasteiger partial charge in [-0.3, -0.25) is 9.59 Å². The third-order valence-electron chi connectivity index (χ3n) is 3.36. The van der Waals surface area contributed by atoms with Gasteiger partial charge in [0.15, 0.2) is 17.3 Å². The highest BCUT2D eigenvalue weighted by atomic mass is 16.5. The number of rotatable bonds is 9. The minimum absolute atomic E-state index is 0.0717. The van der Waals surface area contributed by atoms with Crippen LogP contribution in [-0.4, -0.2) is 42.0 Å². The highest BCUT2D eigenvalue weighted by Crippen LogP contribution is 2.28. The molecule has 0 spiro atoms. The lowest BCUT2D eigenvalue weighted by Crippen LogP contribution is -2.49. The van der Waals surface area contributed by atoms with Crippen LogP contribution >= 0.6 is 0 Å². The predicted molar refractivity (Wildman–Crippen MR) is 87.6 cm³/mol. The van der Waals surface area contributed by atoms with Gasteiger partial charge < -0.3 is 19.9 Å².